The number of hydrogen-bond acceptors (Lipinski definition) is 3. The Morgan fingerprint density at radius 3 is 2.43 bits per heavy atom. The minimum atomic E-state index is -4.83. The molecule has 0 aliphatic heterocycles. The summed E-state index contributed by atoms with van der Waals surface area (Å²) in [6.45, 7) is 0. The largest absolute Gasteiger partial charge is 0.573 e. The summed E-state index contributed by atoms with van der Waals surface area (Å²) in [7, 11) is 0. The van der Waals surface area contributed by atoms with Crippen LogP contribution in [0.4, 0.5) is 18.9 Å². The SMILES string of the molecule is Nc1c(O)cc(Br)cc1OC(F)(F)F. The lowest BCUT2D eigenvalue weighted by molar-refractivity contribution is -0.274. The maximum absolute atomic E-state index is 11.8. The molecule has 0 saturated carbocycles. The fraction of sp³-hybridized carbons (Fsp3) is 0.143. The summed E-state index contributed by atoms with van der Waals surface area (Å²) in [6.07, 6.45) is -4.83. The first-order valence-corrected chi connectivity index (χ1v) is 4.12. The molecule has 0 heterocycles. The Balaban J connectivity index is 3.09. The van der Waals surface area contributed by atoms with Crippen LogP contribution in [0.1, 0.15) is 0 Å². The first kappa shape index (κ1) is 11.0. The van der Waals surface area contributed by atoms with E-state index in [1.807, 2.05) is 0 Å². The summed E-state index contributed by atoms with van der Waals surface area (Å²) < 4.78 is 39.2. The summed E-state index contributed by atoms with van der Waals surface area (Å²) in [5.41, 5.74) is 4.71. The summed E-state index contributed by atoms with van der Waals surface area (Å²) in [5.74, 6) is -1.11. The molecule has 0 aromatic heterocycles. The zero-order chi connectivity index (χ0) is 10.9. The Kier molecular flexibility index (Phi) is 2.79. The Labute approximate surface area is 85.4 Å². The predicted octanol–water partition coefficient (Wildman–Crippen LogP) is 2.64. The second kappa shape index (κ2) is 3.56. The third-order valence-corrected chi connectivity index (χ3v) is 1.77. The average Bonchev–Trinajstić information content (AvgIpc) is 1.96. The topological polar surface area (TPSA) is 55.5 Å². The van der Waals surface area contributed by atoms with Crippen molar-refractivity contribution in [1.82, 2.24) is 0 Å². The van der Waals surface area contributed by atoms with Crippen molar-refractivity contribution in [2.75, 3.05) is 5.73 Å². The van der Waals surface area contributed by atoms with E-state index in [4.69, 9.17) is 10.8 Å². The highest BCUT2D eigenvalue weighted by atomic mass is 79.9. The van der Waals surface area contributed by atoms with Crippen LogP contribution >= 0.6 is 15.9 Å². The van der Waals surface area contributed by atoms with Gasteiger partial charge in [0.2, 0.25) is 0 Å². The quantitative estimate of drug-likeness (QED) is 0.610. The van der Waals surface area contributed by atoms with Gasteiger partial charge in [0, 0.05) is 4.47 Å². The maximum atomic E-state index is 11.8. The van der Waals surface area contributed by atoms with E-state index >= 15 is 0 Å². The monoisotopic (exact) mass is 271 g/mol. The van der Waals surface area contributed by atoms with Gasteiger partial charge in [-0.05, 0) is 12.1 Å². The summed E-state index contributed by atoms with van der Waals surface area (Å²) >= 11 is 2.89. The van der Waals surface area contributed by atoms with E-state index in [9.17, 15) is 13.2 Å². The fourth-order valence-corrected chi connectivity index (χ4v) is 1.21. The number of nitrogen functional groups attached to an aromatic ring is 1. The molecule has 0 aliphatic rings. The molecule has 0 unspecified atom stereocenters. The molecule has 0 spiro atoms. The second-order valence-electron chi connectivity index (χ2n) is 2.38. The van der Waals surface area contributed by atoms with Gasteiger partial charge in [-0.1, -0.05) is 15.9 Å². The summed E-state index contributed by atoms with van der Waals surface area (Å²) in [5, 5.41) is 9.08. The van der Waals surface area contributed by atoms with Crippen LogP contribution in [-0.4, -0.2) is 11.5 Å². The number of ether oxygens (including phenoxy) is 1. The molecule has 3 N–H and O–H groups in total. The number of aromatic hydroxyl groups is 1. The number of phenolic OH excluding ortho intramolecular Hbond substituents is 1. The van der Waals surface area contributed by atoms with Crippen LogP contribution in [0.2, 0.25) is 0 Å². The average molecular weight is 272 g/mol. The van der Waals surface area contributed by atoms with Crippen LogP contribution in [0.25, 0.3) is 0 Å². The van der Waals surface area contributed by atoms with Gasteiger partial charge in [0.25, 0.3) is 0 Å². The van der Waals surface area contributed by atoms with Crippen LogP contribution in [-0.2, 0) is 0 Å². The van der Waals surface area contributed by atoms with Crippen molar-refractivity contribution in [3.8, 4) is 11.5 Å². The minimum absolute atomic E-state index is 0.239. The number of alkyl halides is 3. The molecule has 0 saturated heterocycles. The van der Waals surface area contributed by atoms with Crippen LogP contribution in [0.5, 0.6) is 11.5 Å². The molecule has 0 aliphatic carbocycles. The zero-order valence-electron chi connectivity index (χ0n) is 6.60. The molecule has 1 rings (SSSR count). The number of hydrogen-bond donors (Lipinski definition) is 2. The van der Waals surface area contributed by atoms with Gasteiger partial charge in [-0.25, -0.2) is 0 Å². The minimum Gasteiger partial charge on any atom is -0.506 e. The predicted molar refractivity (Wildman–Crippen MR) is 46.9 cm³/mol. The van der Waals surface area contributed by atoms with Gasteiger partial charge in [0.1, 0.15) is 11.4 Å². The zero-order valence-corrected chi connectivity index (χ0v) is 8.19. The number of phenols is 1. The van der Waals surface area contributed by atoms with Crippen molar-refractivity contribution < 1.29 is 23.0 Å². The van der Waals surface area contributed by atoms with E-state index in [0.717, 1.165) is 6.07 Å². The molecule has 0 fully saturated rings. The normalized spacial score (nSPS) is 11.4. The van der Waals surface area contributed by atoms with Gasteiger partial charge in [-0.3, -0.25) is 0 Å². The van der Waals surface area contributed by atoms with Crippen molar-refractivity contribution in [2.45, 2.75) is 6.36 Å². The van der Waals surface area contributed by atoms with E-state index in [1.165, 1.54) is 6.07 Å². The molecule has 0 atom stereocenters. The first-order chi connectivity index (χ1) is 6.29. The summed E-state index contributed by atoms with van der Waals surface area (Å²) in [4.78, 5) is 0. The van der Waals surface area contributed by atoms with Crippen molar-refractivity contribution in [2.24, 2.45) is 0 Å². The van der Waals surface area contributed by atoms with Crippen molar-refractivity contribution in [3.63, 3.8) is 0 Å². The third kappa shape index (κ3) is 2.69. The molecule has 7 heteroatoms. The summed E-state index contributed by atoms with van der Waals surface area (Å²) in [6, 6.07) is 2.18. The van der Waals surface area contributed by atoms with Gasteiger partial charge in [0.05, 0.1) is 0 Å². The lowest BCUT2D eigenvalue weighted by Gasteiger charge is -2.12. The molecular weight excluding hydrogens is 267 g/mol. The number of halogens is 4. The van der Waals surface area contributed by atoms with E-state index in [0.29, 0.717) is 0 Å². The number of anilines is 1. The number of benzene rings is 1. The van der Waals surface area contributed by atoms with Gasteiger partial charge in [-0.15, -0.1) is 13.2 Å². The van der Waals surface area contributed by atoms with Gasteiger partial charge in [-0.2, -0.15) is 0 Å². The molecule has 78 valence electrons. The molecule has 0 radical (unpaired) electrons. The first-order valence-electron chi connectivity index (χ1n) is 3.33. The Morgan fingerprint density at radius 2 is 1.93 bits per heavy atom. The number of rotatable bonds is 1. The highest BCUT2D eigenvalue weighted by molar-refractivity contribution is 9.10. The van der Waals surface area contributed by atoms with E-state index in [2.05, 4.69) is 20.7 Å². The van der Waals surface area contributed by atoms with Crippen molar-refractivity contribution in [3.05, 3.63) is 16.6 Å². The van der Waals surface area contributed by atoms with Gasteiger partial charge < -0.3 is 15.6 Å². The number of nitrogens with two attached hydrogens (primary N) is 1. The van der Waals surface area contributed by atoms with Gasteiger partial charge in [0.15, 0.2) is 5.75 Å². The standard InChI is InChI=1S/C7H5BrF3NO2/c8-3-1-4(13)6(12)5(2-3)14-7(9,10)11/h1-2,13H,12H2. The highest BCUT2D eigenvalue weighted by Crippen LogP contribution is 2.37. The molecule has 3 nitrogen and oxygen atoms in total. The van der Waals surface area contributed by atoms with Crippen molar-refractivity contribution in [1.29, 1.82) is 0 Å². The lowest BCUT2D eigenvalue weighted by atomic mass is 10.3. The second-order valence-corrected chi connectivity index (χ2v) is 3.30. The van der Waals surface area contributed by atoms with Crippen LogP contribution in [0.15, 0.2) is 16.6 Å². The van der Waals surface area contributed by atoms with Crippen LogP contribution in [0, 0.1) is 0 Å². The fourth-order valence-electron chi connectivity index (χ4n) is 0.788. The van der Waals surface area contributed by atoms with E-state index < -0.39 is 23.5 Å². The molecule has 1 aromatic carbocycles. The van der Waals surface area contributed by atoms with Crippen molar-refractivity contribution >= 4 is 21.6 Å². The highest BCUT2D eigenvalue weighted by Gasteiger charge is 2.32. The van der Waals surface area contributed by atoms with E-state index in [1.54, 1.807) is 0 Å². The van der Waals surface area contributed by atoms with Gasteiger partial charge >= 0.3 is 6.36 Å². The maximum Gasteiger partial charge on any atom is 0.573 e. The Hall–Kier alpha value is -1.11. The smallest absolute Gasteiger partial charge is 0.506 e. The third-order valence-electron chi connectivity index (χ3n) is 1.31. The molecule has 14 heavy (non-hydrogen) atoms. The molecule has 0 amide bonds. The van der Waals surface area contributed by atoms with Crippen LogP contribution < -0.4 is 10.5 Å². The molecular formula is C7H5BrF3NO2. The van der Waals surface area contributed by atoms with Crippen LogP contribution in [0.3, 0.4) is 0 Å². The lowest BCUT2D eigenvalue weighted by Crippen LogP contribution is -2.18. The van der Waals surface area contributed by atoms with E-state index in [-0.39, 0.29) is 4.47 Å². The molecule has 0 bridgehead atoms. The Morgan fingerprint density at radius 1 is 1.36 bits per heavy atom. The Bertz CT molecular complexity index is 354. The molecule has 1 aromatic rings.